The minimum absolute atomic E-state index is 0.0287. The van der Waals surface area contributed by atoms with Crippen LogP contribution in [0.4, 0.5) is 0 Å². The summed E-state index contributed by atoms with van der Waals surface area (Å²) in [4.78, 5) is 0. The molecule has 0 nitrogen and oxygen atoms in total. The van der Waals surface area contributed by atoms with Crippen LogP contribution in [0.15, 0.2) is 18.2 Å². The molecule has 1 aliphatic rings. The molecule has 0 heterocycles. The molecule has 2 unspecified atom stereocenters. The van der Waals surface area contributed by atoms with Crippen molar-refractivity contribution in [1.82, 2.24) is 0 Å². The van der Waals surface area contributed by atoms with Crippen LogP contribution in [0.1, 0.15) is 30.5 Å². The summed E-state index contributed by atoms with van der Waals surface area (Å²) in [6.45, 7) is 9.36. The van der Waals surface area contributed by atoms with Crippen LogP contribution in [-0.2, 0) is 12.8 Å². The standard InChI is InChI=1S/C16H24P/c1-12-6-7-13-10-16(2,3)15(11-17(4)5)9-14(13)8-12/h6-8,15H,4,9-11H2,1-3,5H3/q+1. The molecule has 0 radical (unpaired) electrons. The molecule has 0 spiro atoms. The van der Waals surface area contributed by atoms with Crippen LogP contribution >= 0.6 is 7.55 Å². The Labute approximate surface area is 107 Å². The lowest BCUT2D eigenvalue weighted by molar-refractivity contribution is 0.215. The molecule has 92 valence electrons. The Balaban J connectivity index is 2.31. The quantitative estimate of drug-likeness (QED) is 0.684. The van der Waals surface area contributed by atoms with E-state index in [1.807, 2.05) is 0 Å². The fraction of sp³-hybridized carbons (Fsp3) is 0.562. The van der Waals surface area contributed by atoms with Gasteiger partial charge in [-0.3, -0.25) is 0 Å². The fourth-order valence-corrected chi connectivity index (χ4v) is 4.36. The molecular weight excluding hydrogens is 223 g/mol. The molecule has 1 aromatic carbocycles. The summed E-state index contributed by atoms with van der Waals surface area (Å²) < 4.78 is 0. The molecular formula is C16H24P+. The molecule has 2 rings (SSSR count). The van der Waals surface area contributed by atoms with Gasteiger partial charge in [0.2, 0.25) is 0 Å². The van der Waals surface area contributed by atoms with Crippen molar-refractivity contribution in [2.45, 2.75) is 33.6 Å². The normalized spacial score (nSPS) is 23.1. The average molecular weight is 247 g/mol. The third kappa shape index (κ3) is 2.80. The van der Waals surface area contributed by atoms with Gasteiger partial charge >= 0.3 is 0 Å². The first-order valence-electron chi connectivity index (χ1n) is 6.48. The number of rotatable bonds is 2. The van der Waals surface area contributed by atoms with Crippen molar-refractivity contribution < 1.29 is 0 Å². The Morgan fingerprint density at radius 3 is 2.71 bits per heavy atom. The molecule has 1 aliphatic carbocycles. The summed E-state index contributed by atoms with van der Waals surface area (Å²) in [5, 5.41) is 0. The Morgan fingerprint density at radius 2 is 2.06 bits per heavy atom. The summed E-state index contributed by atoms with van der Waals surface area (Å²) in [7, 11) is -0.0287. The molecule has 0 bridgehead atoms. The average Bonchev–Trinajstić information content (AvgIpc) is 2.19. The molecule has 1 heteroatoms. The van der Waals surface area contributed by atoms with E-state index in [1.165, 1.54) is 24.6 Å². The van der Waals surface area contributed by atoms with Crippen LogP contribution in [0.5, 0.6) is 0 Å². The number of benzene rings is 1. The predicted molar refractivity (Wildman–Crippen MR) is 80.7 cm³/mol. The maximum atomic E-state index is 4.24. The smallest absolute Gasteiger partial charge is 0.0592 e. The first kappa shape index (κ1) is 12.8. The van der Waals surface area contributed by atoms with Crippen molar-refractivity contribution in [2.24, 2.45) is 11.3 Å². The Kier molecular flexibility index (Phi) is 3.46. The van der Waals surface area contributed by atoms with E-state index in [2.05, 4.69) is 51.9 Å². The molecule has 0 amide bonds. The van der Waals surface area contributed by atoms with Crippen molar-refractivity contribution in [2.75, 3.05) is 12.8 Å². The van der Waals surface area contributed by atoms with Crippen LogP contribution in [0.25, 0.3) is 0 Å². The maximum Gasteiger partial charge on any atom is 0.109 e. The second-order valence-electron chi connectivity index (χ2n) is 6.38. The van der Waals surface area contributed by atoms with Gasteiger partial charge in [-0.1, -0.05) is 37.6 Å². The Hall–Kier alpha value is -0.610. The van der Waals surface area contributed by atoms with Gasteiger partial charge in [0.25, 0.3) is 0 Å². The molecule has 0 N–H and O–H groups in total. The van der Waals surface area contributed by atoms with Crippen LogP contribution in [0, 0.1) is 18.3 Å². The lowest BCUT2D eigenvalue weighted by Crippen LogP contribution is -2.34. The van der Waals surface area contributed by atoms with E-state index in [0.717, 1.165) is 5.92 Å². The zero-order chi connectivity index (χ0) is 12.6. The number of fused-ring (bicyclic) bond motifs is 1. The lowest BCUT2D eigenvalue weighted by Gasteiger charge is -2.38. The largest absolute Gasteiger partial charge is 0.109 e. The van der Waals surface area contributed by atoms with Gasteiger partial charge in [-0.2, -0.15) is 0 Å². The van der Waals surface area contributed by atoms with Gasteiger partial charge in [-0.25, -0.2) is 0 Å². The summed E-state index contributed by atoms with van der Waals surface area (Å²) in [5.74, 6) is 0.811. The van der Waals surface area contributed by atoms with E-state index in [-0.39, 0.29) is 7.55 Å². The molecule has 0 saturated carbocycles. The van der Waals surface area contributed by atoms with Crippen molar-refractivity contribution in [3.05, 3.63) is 34.9 Å². The van der Waals surface area contributed by atoms with Crippen molar-refractivity contribution in [1.29, 1.82) is 0 Å². The molecule has 0 aliphatic heterocycles. The van der Waals surface area contributed by atoms with Crippen LogP contribution in [0.3, 0.4) is 0 Å². The van der Waals surface area contributed by atoms with E-state index in [4.69, 9.17) is 0 Å². The maximum absolute atomic E-state index is 4.24. The van der Waals surface area contributed by atoms with E-state index < -0.39 is 0 Å². The third-order valence-corrected chi connectivity index (χ3v) is 5.18. The first-order valence-corrected chi connectivity index (χ1v) is 8.64. The van der Waals surface area contributed by atoms with Gasteiger partial charge in [0.05, 0.1) is 20.5 Å². The van der Waals surface area contributed by atoms with Crippen LogP contribution < -0.4 is 0 Å². The van der Waals surface area contributed by atoms with Crippen LogP contribution in [0.2, 0.25) is 0 Å². The topological polar surface area (TPSA) is 0 Å². The highest BCUT2D eigenvalue weighted by Gasteiger charge is 2.36. The van der Waals surface area contributed by atoms with Gasteiger partial charge in [0.1, 0.15) is 6.16 Å². The summed E-state index contributed by atoms with van der Waals surface area (Å²) in [5.41, 5.74) is 5.00. The molecule has 0 fully saturated rings. The summed E-state index contributed by atoms with van der Waals surface area (Å²) in [6, 6.07) is 6.98. The van der Waals surface area contributed by atoms with E-state index in [1.54, 1.807) is 11.1 Å². The van der Waals surface area contributed by atoms with E-state index >= 15 is 0 Å². The fourth-order valence-electron chi connectivity index (χ4n) is 2.98. The van der Waals surface area contributed by atoms with Crippen molar-refractivity contribution in [3.63, 3.8) is 0 Å². The summed E-state index contributed by atoms with van der Waals surface area (Å²) >= 11 is 0. The predicted octanol–water partition coefficient (Wildman–Crippen LogP) is 4.28. The van der Waals surface area contributed by atoms with Gasteiger partial charge in [-0.15, -0.1) is 0 Å². The lowest BCUT2D eigenvalue weighted by atomic mass is 9.67. The third-order valence-electron chi connectivity index (χ3n) is 4.11. The van der Waals surface area contributed by atoms with Crippen molar-refractivity contribution in [3.8, 4) is 0 Å². The Bertz CT molecular complexity index is 443. The van der Waals surface area contributed by atoms with Gasteiger partial charge < -0.3 is 0 Å². The molecule has 1 aromatic rings. The SMILES string of the molecule is C=[P+](C)CC1Cc2cc(C)ccc2CC1(C)C. The monoisotopic (exact) mass is 247 g/mol. The van der Waals surface area contributed by atoms with E-state index in [0.29, 0.717) is 5.41 Å². The number of aryl methyl sites for hydroxylation is 1. The molecule has 0 saturated heterocycles. The second-order valence-corrected chi connectivity index (χ2v) is 8.45. The highest BCUT2D eigenvalue weighted by molar-refractivity contribution is 7.54. The summed E-state index contributed by atoms with van der Waals surface area (Å²) in [6.07, 6.45) is 8.04. The van der Waals surface area contributed by atoms with Gasteiger partial charge in [0.15, 0.2) is 0 Å². The zero-order valence-electron chi connectivity index (χ0n) is 11.6. The van der Waals surface area contributed by atoms with Gasteiger partial charge in [-0.05, 0) is 36.3 Å². The molecule has 2 atom stereocenters. The second kappa shape index (κ2) is 4.58. The molecule has 0 aromatic heterocycles. The minimum atomic E-state index is -0.0287. The van der Waals surface area contributed by atoms with Crippen LogP contribution in [-0.4, -0.2) is 19.1 Å². The minimum Gasteiger partial charge on any atom is -0.0592 e. The molecule has 17 heavy (non-hydrogen) atoms. The highest BCUT2D eigenvalue weighted by Crippen LogP contribution is 2.42. The Morgan fingerprint density at radius 1 is 1.35 bits per heavy atom. The van der Waals surface area contributed by atoms with E-state index in [9.17, 15) is 0 Å². The van der Waals surface area contributed by atoms with Crippen molar-refractivity contribution >= 4 is 13.8 Å². The number of hydrogen-bond acceptors (Lipinski definition) is 0. The number of hydrogen-bond donors (Lipinski definition) is 0. The highest BCUT2D eigenvalue weighted by atomic mass is 31.1. The zero-order valence-corrected chi connectivity index (χ0v) is 12.5. The first-order chi connectivity index (χ1) is 7.88. The van der Waals surface area contributed by atoms with Gasteiger partial charge in [0, 0.05) is 5.92 Å².